The van der Waals surface area contributed by atoms with E-state index in [4.69, 9.17) is 9.15 Å². The van der Waals surface area contributed by atoms with Crippen LogP contribution in [-0.2, 0) is 21.4 Å². The molecule has 0 spiro atoms. The Kier molecular flexibility index (Phi) is 5.76. The molecule has 1 amide bonds. The third-order valence-corrected chi connectivity index (χ3v) is 5.98. The highest BCUT2D eigenvalue weighted by atomic mass is 32.2. The Balaban J connectivity index is 1.82. The number of nitrogens with one attached hydrogen (secondary N) is 1. The third-order valence-electron chi connectivity index (χ3n) is 4.17. The van der Waals surface area contributed by atoms with Gasteiger partial charge in [-0.05, 0) is 43.3 Å². The lowest BCUT2D eigenvalue weighted by molar-refractivity contribution is -0.116. The number of carbonyl (C=O) groups excluding carboxylic acids is 1. The SMILES string of the molecule is CCOc1ccc(NC(=O)Cn2c(=O)oc3cc(S(=O)(=O)N(C)C)ccc32)cc1. The number of hydrogen-bond acceptors (Lipinski definition) is 6. The van der Waals surface area contributed by atoms with Gasteiger partial charge >= 0.3 is 5.76 Å². The molecule has 0 radical (unpaired) electrons. The van der Waals surface area contributed by atoms with Gasteiger partial charge in [-0.3, -0.25) is 9.36 Å². The quantitative estimate of drug-likeness (QED) is 0.626. The Bertz CT molecular complexity index is 1190. The number of sulfonamides is 1. The number of hydrogen-bond donors (Lipinski definition) is 1. The Morgan fingerprint density at radius 3 is 2.48 bits per heavy atom. The molecule has 1 heterocycles. The molecule has 3 rings (SSSR count). The van der Waals surface area contributed by atoms with Crippen molar-refractivity contribution in [2.45, 2.75) is 18.4 Å². The minimum Gasteiger partial charge on any atom is -0.494 e. The van der Waals surface area contributed by atoms with E-state index in [1.807, 2.05) is 6.92 Å². The van der Waals surface area contributed by atoms with Crippen LogP contribution in [0, 0.1) is 0 Å². The summed E-state index contributed by atoms with van der Waals surface area (Å²) in [7, 11) is -0.853. The molecule has 29 heavy (non-hydrogen) atoms. The largest absolute Gasteiger partial charge is 0.494 e. The zero-order valence-corrected chi connectivity index (χ0v) is 17.0. The highest BCUT2D eigenvalue weighted by Crippen LogP contribution is 2.21. The molecule has 0 bridgehead atoms. The van der Waals surface area contributed by atoms with Gasteiger partial charge in [-0.15, -0.1) is 0 Å². The second-order valence-electron chi connectivity index (χ2n) is 6.38. The highest BCUT2D eigenvalue weighted by Gasteiger charge is 2.20. The average Bonchev–Trinajstić information content (AvgIpc) is 2.98. The molecule has 154 valence electrons. The molecular formula is C19H21N3O6S. The highest BCUT2D eigenvalue weighted by molar-refractivity contribution is 7.89. The van der Waals surface area contributed by atoms with Gasteiger partial charge in [0.15, 0.2) is 5.58 Å². The van der Waals surface area contributed by atoms with Crippen molar-refractivity contribution < 1.29 is 22.4 Å². The van der Waals surface area contributed by atoms with E-state index in [0.717, 1.165) is 8.87 Å². The molecule has 3 aromatic rings. The van der Waals surface area contributed by atoms with Crippen LogP contribution in [0.4, 0.5) is 5.69 Å². The van der Waals surface area contributed by atoms with Crippen LogP contribution in [0.15, 0.2) is 56.6 Å². The van der Waals surface area contributed by atoms with E-state index < -0.39 is 21.7 Å². The van der Waals surface area contributed by atoms with Crippen LogP contribution in [0.1, 0.15) is 6.92 Å². The van der Waals surface area contributed by atoms with E-state index >= 15 is 0 Å². The van der Waals surface area contributed by atoms with E-state index in [-0.39, 0.29) is 17.0 Å². The van der Waals surface area contributed by atoms with Crippen LogP contribution in [0.3, 0.4) is 0 Å². The van der Waals surface area contributed by atoms with Crippen molar-refractivity contribution in [2.24, 2.45) is 0 Å². The minimum absolute atomic E-state index is 0.00487. The van der Waals surface area contributed by atoms with E-state index in [2.05, 4.69) is 5.32 Å². The number of nitrogens with zero attached hydrogens (tertiary/aromatic N) is 2. The Hall–Kier alpha value is -3.11. The second-order valence-corrected chi connectivity index (χ2v) is 8.53. The van der Waals surface area contributed by atoms with Crippen LogP contribution in [0.2, 0.25) is 0 Å². The summed E-state index contributed by atoms with van der Waals surface area (Å²) in [5, 5.41) is 2.69. The van der Waals surface area contributed by atoms with Crippen molar-refractivity contribution in [3.05, 3.63) is 53.0 Å². The van der Waals surface area contributed by atoms with Gasteiger partial charge in [-0.1, -0.05) is 0 Å². The first-order valence-corrected chi connectivity index (χ1v) is 10.2. The molecule has 10 heteroatoms. The zero-order chi connectivity index (χ0) is 21.2. The number of rotatable bonds is 7. The van der Waals surface area contributed by atoms with Crippen molar-refractivity contribution in [3.63, 3.8) is 0 Å². The van der Waals surface area contributed by atoms with Crippen molar-refractivity contribution >= 4 is 32.7 Å². The monoisotopic (exact) mass is 419 g/mol. The molecule has 0 aliphatic heterocycles. The average molecular weight is 419 g/mol. The van der Waals surface area contributed by atoms with Crippen LogP contribution in [0.5, 0.6) is 5.75 Å². The number of amides is 1. The number of aromatic nitrogens is 1. The van der Waals surface area contributed by atoms with Crippen molar-refractivity contribution in [1.29, 1.82) is 0 Å². The Morgan fingerprint density at radius 2 is 1.86 bits per heavy atom. The van der Waals surface area contributed by atoms with E-state index in [0.29, 0.717) is 23.6 Å². The molecule has 0 atom stereocenters. The van der Waals surface area contributed by atoms with Crippen LogP contribution >= 0.6 is 0 Å². The smallest absolute Gasteiger partial charge is 0.420 e. The Morgan fingerprint density at radius 1 is 1.17 bits per heavy atom. The van der Waals surface area contributed by atoms with Gasteiger partial charge in [-0.25, -0.2) is 17.5 Å². The molecular weight excluding hydrogens is 398 g/mol. The number of anilines is 1. The number of fused-ring (bicyclic) bond motifs is 1. The molecule has 0 saturated heterocycles. The molecule has 1 N–H and O–H groups in total. The number of ether oxygens (including phenoxy) is 1. The Labute approximate surface area is 167 Å². The van der Waals surface area contributed by atoms with E-state index in [1.54, 1.807) is 24.3 Å². The van der Waals surface area contributed by atoms with Gasteiger partial charge in [0, 0.05) is 25.8 Å². The van der Waals surface area contributed by atoms with Crippen molar-refractivity contribution in [2.75, 3.05) is 26.0 Å². The van der Waals surface area contributed by atoms with Gasteiger partial charge in [0.1, 0.15) is 12.3 Å². The fourth-order valence-corrected chi connectivity index (χ4v) is 3.63. The summed E-state index contributed by atoms with van der Waals surface area (Å²) in [6.07, 6.45) is 0. The molecule has 1 aromatic heterocycles. The standard InChI is InChI=1S/C19H21N3O6S/c1-4-27-14-7-5-13(6-8-14)20-18(23)12-22-16-10-9-15(29(25,26)21(2)3)11-17(16)28-19(22)24/h5-11H,4,12H2,1-3H3,(H,20,23). The molecule has 0 aliphatic rings. The van der Waals surface area contributed by atoms with Crippen LogP contribution in [-0.4, -0.2) is 43.9 Å². The summed E-state index contributed by atoms with van der Waals surface area (Å²) in [4.78, 5) is 24.5. The van der Waals surface area contributed by atoms with Gasteiger partial charge in [0.2, 0.25) is 15.9 Å². The van der Waals surface area contributed by atoms with E-state index in [9.17, 15) is 18.0 Å². The topological polar surface area (TPSA) is 111 Å². The van der Waals surface area contributed by atoms with Crippen LogP contribution in [0.25, 0.3) is 11.1 Å². The summed E-state index contributed by atoms with van der Waals surface area (Å²) in [5.74, 6) is -0.490. The lowest BCUT2D eigenvalue weighted by Gasteiger charge is -2.11. The molecule has 0 fully saturated rings. The summed E-state index contributed by atoms with van der Waals surface area (Å²) in [6.45, 7) is 2.14. The fourth-order valence-electron chi connectivity index (χ4n) is 2.71. The number of oxazole rings is 1. The molecule has 0 saturated carbocycles. The number of carbonyl (C=O) groups is 1. The minimum atomic E-state index is -3.67. The molecule has 2 aromatic carbocycles. The second kappa shape index (κ2) is 8.10. The molecule has 0 unspecified atom stereocenters. The maximum absolute atomic E-state index is 12.4. The van der Waals surface area contributed by atoms with Gasteiger partial charge < -0.3 is 14.5 Å². The molecule has 0 aliphatic carbocycles. The van der Waals surface area contributed by atoms with E-state index in [1.165, 1.54) is 32.3 Å². The van der Waals surface area contributed by atoms with Gasteiger partial charge in [0.25, 0.3) is 0 Å². The third kappa shape index (κ3) is 4.33. The van der Waals surface area contributed by atoms with Gasteiger partial charge in [0.05, 0.1) is 17.0 Å². The fraction of sp³-hybridized carbons (Fsp3) is 0.263. The zero-order valence-electron chi connectivity index (χ0n) is 16.2. The summed E-state index contributed by atoms with van der Waals surface area (Å²) < 4.78 is 37.2. The lowest BCUT2D eigenvalue weighted by Crippen LogP contribution is -2.24. The van der Waals surface area contributed by atoms with Gasteiger partial charge in [-0.2, -0.15) is 0 Å². The van der Waals surface area contributed by atoms with Crippen molar-refractivity contribution in [1.82, 2.24) is 8.87 Å². The molecule has 9 nitrogen and oxygen atoms in total. The number of benzene rings is 2. The maximum atomic E-state index is 12.4. The first-order valence-electron chi connectivity index (χ1n) is 8.81. The normalized spacial score (nSPS) is 11.7. The van der Waals surface area contributed by atoms with Crippen molar-refractivity contribution in [3.8, 4) is 5.75 Å². The van der Waals surface area contributed by atoms with Crippen LogP contribution < -0.4 is 15.8 Å². The predicted molar refractivity (Wildman–Crippen MR) is 108 cm³/mol. The maximum Gasteiger partial charge on any atom is 0.420 e. The first-order chi connectivity index (χ1) is 13.7. The summed E-state index contributed by atoms with van der Waals surface area (Å²) >= 11 is 0. The predicted octanol–water partition coefficient (Wildman–Crippen LogP) is 1.88. The first kappa shape index (κ1) is 20.6. The lowest BCUT2D eigenvalue weighted by atomic mass is 10.3. The summed E-state index contributed by atoms with van der Waals surface area (Å²) in [6, 6.07) is 10.9. The summed E-state index contributed by atoms with van der Waals surface area (Å²) in [5.41, 5.74) is 0.972.